The van der Waals surface area contributed by atoms with Gasteiger partial charge in [-0.15, -0.1) is 0 Å². The molecular formula is C16H22N4O. The number of rotatable bonds is 4. The molecule has 2 heterocycles. The number of hydrogen-bond donors (Lipinski definition) is 3. The number of carbonyl (C=O) groups is 1. The lowest BCUT2D eigenvalue weighted by Crippen LogP contribution is -2.31. The summed E-state index contributed by atoms with van der Waals surface area (Å²) >= 11 is 0. The fourth-order valence-electron chi connectivity index (χ4n) is 3.18. The van der Waals surface area contributed by atoms with Crippen LogP contribution in [0.4, 0.5) is 4.79 Å². The van der Waals surface area contributed by atoms with Crippen LogP contribution in [0.25, 0.3) is 10.9 Å². The summed E-state index contributed by atoms with van der Waals surface area (Å²) in [6.45, 7) is 2.74. The molecule has 0 aliphatic carbocycles. The maximum atomic E-state index is 10.8. The van der Waals surface area contributed by atoms with Gasteiger partial charge >= 0.3 is 6.03 Å². The van der Waals surface area contributed by atoms with Crippen molar-refractivity contribution >= 4 is 16.9 Å². The molecule has 1 aromatic carbocycles. The van der Waals surface area contributed by atoms with Crippen molar-refractivity contribution in [3.8, 4) is 0 Å². The Labute approximate surface area is 124 Å². The third-order valence-electron chi connectivity index (χ3n) is 4.22. The first kappa shape index (κ1) is 13.9. The number of para-hydroxylation sites is 1. The van der Waals surface area contributed by atoms with E-state index in [1.807, 2.05) is 0 Å². The van der Waals surface area contributed by atoms with E-state index in [4.69, 9.17) is 5.73 Å². The molecule has 1 aliphatic heterocycles. The average molecular weight is 286 g/mol. The van der Waals surface area contributed by atoms with Crippen molar-refractivity contribution in [1.29, 1.82) is 0 Å². The molecule has 5 heteroatoms. The van der Waals surface area contributed by atoms with Crippen molar-refractivity contribution in [2.24, 2.45) is 5.73 Å². The van der Waals surface area contributed by atoms with E-state index in [1.54, 1.807) is 0 Å². The fraction of sp³-hybridized carbons (Fsp3) is 0.438. The van der Waals surface area contributed by atoms with Crippen molar-refractivity contribution in [1.82, 2.24) is 15.2 Å². The molecular weight excluding hydrogens is 264 g/mol. The molecule has 0 bridgehead atoms. The van der Waals surface area contributed by atoms with Crippen LogP contribution >= 0.6 is 0 Å². The van der Waals surface area contributed by atoms with Crippen LogP contribution in [0, 0.1) is 0 Å². The first-order valence-corrected chi connectivity index (χ1v) is 7.58. The minimum absolute atomic E-state index is 0.461. The number of nitrogens with two attached hydrogens (primary N) is 1. The number of fused-ring (bicyclic) bond motifs is 1. The van der Waals surface area contributed by atoms with Crippen molar-refractivity contribution in [2.75, 3.05) is 19.6 Å². The van der Waals surface area contributed by atoms with Gasteiger partial charge in [-0.25, -0.2) is 4.79 Å². The third kappa shape index (κ3) is 3.03. The lowest BCUT2D eigenvalue weighted by Gasteiger charge is -2.25. The molecule has 4 N–H and O–H groups in total. The maximum absolute atomic E-state index is 10.8. The monoisotopic (exact) mass is 286 g/mol. The number of aromatic nitrogens is 1. The van der Waals surface area contributed by atoms with Crippen molar-refractivity contribution < 1.29 is 4.79 Å². The number of amides is 2. The van der Waals surface area contributed by atoms with Crippen LogP contribution in [0.3, 0.4) is 0 Å². The Balaban J connectivity index is 1.88. The summed E-state index contributed by atoms with van der Waals surface area (Å²) < 4.78 is 2.41. The van der Waals surface area contributed by atoms with E-state index in [9.17, 15) is 4.79 Å². The molecule has 3 rings (SSSR count). The van der Waals surface area contributed by atoms with Gasteiger partial charge < -0.3 is 20.9 Å². The highest BCUT2D eigenvalue weighted by Gasteiger charge is 2.18. The number of primary amides is 1. The van der Waals surface area contributed by atoms with E-state index in [2.05, 4.69) is 45.7 Å². The molecule has 0 unspecified atom stereocenters. The molecule has 0 atom stereocenters. The van der Waals surface area contributed by atoms with Crippen molar-refractivity contribution in [3.63, 3.8) is 0 Å². The first-order chi connectivity index (χ1) is 10.3. The van der Waals surface area contributed by atoms with Gasteiger partial charge in [0.25, 0.3) is 0 Å². The Bertz CT molecular complexity index is 628. The van der Waals surface area contributed by atoms with Gasteiger partial charge in [0.05, 0.1) is 0 Å². The van der Waals surface area contributed by atoms with E-state index in [1.165, 1.54) is 16.5 Å². The van der Waals surface area contributed by atoms with Crippen LogP contribution in [0.5, 0.6) is 0 Å². The highest BCUT2D eigenvalue weighted by molar-refractivity contribution is 5.84. The molecule has 112 valence electrons. The number of benzene rings is 1. The van der Waals surface area contributed by atoms with Crippen LogP contribution < -0.4 is 16.4 Å². The number of urea groups is 1. The third-order valence-corrected chi connectivity index (χ3v) is 4.22. The second kappa shape index (κ2) is 6.18. The second-order valence-electron chi connectivity index (χ2n) is 5.60. The summed E-state index contributed by atoms with van der Waals surface area (Å²) in [6, 6.07) is 8.60. The Morgan fingerprint density at radius 1 is 1.33 bits per heavy atom. The number of nitrogens with zero attached hydrogens (tertiary/aromatic N) is 1. The van der Waals surface area contributed by atoms with E-state index in [-0.39, 0.29) is 0 Å². The summed E-state index contributed by atoms with van der Waals surface area (Å²) in [7, 11) is 0. The normalized spacial score (nSPS) is 16.2. The van der Waals surface area contributed by atoms with Gasteiger partial charge in [-0.05, 0) is 44.0 Å². The smallest absolute Gasteiger partial charge is 0.312 e. The largest absolute Gasteiger partial charge is 0.352 e. The average Bonchev–Trinajstić information content (AvgIpc) is 2.87. The maximum Gasteiger partial charge on any atom is 0.312 e. The first-order valence-electron chi connectivity index (χ1n) is 7.58. The lowest BCUT2D eigenvalue weighted by molar-refractivity contribution is 0.249. The SMILES string of the molecule is NC(=O)NCCc1cn(C2CCNCC2)c2ccccc12. The van der Waals surface area contributed by atoms with E-state index in [0.717, 1.165) is 32.4 Å². The van der Waals surface area contributed by atoms with Crippen LogP contribution in [-0.4, -0.2) is 30.2 Å². The number of carbonyl (C=O) groups excluding carboxylic acids is 1. The van der Waals surface area contributed by atoms with E-state index >= 15 is 0 Å². The van der Waals surface area contributed by atoms with Crippen LogP contribution in [0.15, 0.2) is 30.5 Å². The quantitative estimate of drug-likeness (QED) is 0.801. The van der Waals surface area contributed by atoms with Gasteiger partial charge in [0.15, 0.2) is 0 Å². The number of piperidine rings is 1. The fourth-order valence-corrected chi connectivity index (χ4v) is 3.18. The van der Waals surface area contributed by atoms with Gasteiger partial charge in [-0.1, -0.05) is 18.2 Å². The molecule has 2 amide bonds. The number of hydrogen-bond acceptors (Lipinski definition) is 2. The Morgan fingerprint density at radius 3 is 2.86 bits per heavy atom. The molecule has 1 saturated heterocycles. The topological polar surface area (TPSA) is 72.1 Å². The lowest BCUT2D eigenvalue weighted by atomic mass is 10.1. The molecule has 1 aliphatic rings. The van der Waals surface area contributed by atoms with Crippen LogP contribution in [0.2, 0.25) is 0 Å². The Hall–Kier alpha value is -2.01. The predicted octanol–water partition coefficient (Wildman–Crippen LogP) is 1.78. The molecule has 0 radical (unpaired) electrons. The van der Waals surface area contributed by atoms with Gasteiger partial charge in [-0.3, -0.25) is 0 Å². The summed E-state index contributed by atoms with van der Waals surface area (Å²) in [5.74, 6) is 0. The second-order valence-corrected chi connectivity index (χ2v) is 5.60. The van der Waals surface area contributed by atoms with Crippen molar-refractivity contribution in [2.45, 2.75) is 25.3 Å². The van der Waals surface area contributed by atoms with Crippen LogP contribution in [-0.2, 0) is 6.42 Å². The summed E-state index contributed by atoms with van der Waals surface area (Å²) in [4.78, 5) is 10.8. The van der Waals surface area contributed by atoms with Crippen LogP contribution in [0.1, 0.15) is 24.4 Å². The Kier molecular flexibility index (Phi) is 4.10. The molecule has 21 heavy (non-hydrogen) atoms. The van der Waals surface area contributed by atoms with Gasteiger partial charge in [0, 0.05) is 29.7 Å². The standard InChI is InChI=1S/C16H22N4O/c17-16(21)19-10-5-12-11-20(13-6-8-18-9-7-13)15-4-2-1-3-14(12)15/h1-4,11,13,18H,5-10H2,(H3,17,19,21). The van der Waals surface area contributed by atoms with Crippen molar-refractivity contribution in [3.05, 3.63) is 36.0 Å². The van der Waals surface area contributed by atoms with E-state index in [0.29, 0.717) is 12.6 Å². The molecule has 5 nitrogen and oxygen atoms in total. The zero-order chi connectivity index (χ0) is 14.7. The molecule has 0 spiro atoms. The molecule has 1 fully saturated rings. The van der Waals surface area contributed by atoms with Gasteiger partial charge in [0.2, 0.25) is 0 Å². The molecule has 2 aromatic rings. The molecule has 1 aromatic heterocycles. The zero-order valence-electron chi connectivity index (χ0n) is 12.1. The highest BCUT2D eigenvalue weighted by atomic mass is 16.2. The van der Waals surface area contributed by atoms with Gasteiger partial charge in [-0.2, -0.15) is 0 Å². The predicted molar refractivity (Wildman–Crippen MR) is 84.4 cm³/mol. The molecule has 0 saturated carbocycles. The minimum atomic E-state index is -0.461. The van der Waals surface area contributed by atoms with E-state index < -0.39 is 6.03 Å². The Morgan fingerprint density at radius 2 is 2.10 bits per heavy atom. The zero-order valence-corrected chi connectivity index (χ0v) is 12.1. The van der Waals surface area contributed by atoms with Gasteiger partial charge in [0.1, 0.15) is 0 Å². The summed E-state index contributed by atoms with van der Waals surface area (Å²) in [6.07, 6.45) is 5.39. The summed E-state index contributed by atoms with van der Waals surface area (Å²) in [5, 5.41) is 7.36. The highest BCUT2D eigenvalue weighted by Crippen LogP contribution is 2.28. The summed E-state index contributed by atoms with van der Waals surface area (Å²) in [5.41, 5.74) is 7.70. The number of nitrogens with one attached hydrogen (secondary N) is 2. The minimum Gasteiger partial charge on any atom is -0.352 e.